The van der Waals surface area contributed by atoms with Crippen molar-refractivity contribution in [2.24, 2.45) is 0 Å². The normalized spacial score (nSPS) is 10.9. The molecule has 4 rings (SSSR count). The highest BCUT2D eigenvalue weighted by Gasteiger charge is 2.13. The Labute approximate surface area is 148 Å². The highest BCUT2D eigenvalue weighted by molar-refractivity contribution is 5.86. The number of ether oxygens (including phenoxy) is 1. The summed E-state index contributed by atoms with van der Waals surface area (Å²) in [5, 5.41) is 1.24. The average molecular weight is 327 g/mol. The molecular formula is C23H21NO. The summed E-state index contributed by atoms with van der Waals surface area (Å²) in [6.45, 7) is 0. The van der Waals surface area contributed by atoms with Crippen LogP contribution in [0.4, 0.5) is 0 Å². The number of hydrogen-bond acceptors (Lipinski definition) is 1. The van der Waals surface area contributed by atoms with Crippen molar-refractivity contribution in [3.63, 3.8) is 0 Å². The Morgan fingerprint density at radius 2 is 1.40 bits per heavy atom. The highest BCUT2D eigenvalue weighted by Crippen LogP contribution is 2.30. The standard InChI is InChI=1S/C23H21NO/c1-25-19-12-13-22-21(16-19)20(14-17-8-4-2-5-9-17)23(24-22)15-18-10-6-3-7-11-18/h2-13,16,24H,14-15H2,1H3. The van der Waals surface area contributed by atoms with Crippen molar-refractivity contribution in [1.29, 1.82) is 0 Å². The van der Waals surface area contributed by atoms with Crippen LogP contribution in [0.25, 0.3) is 10.9 Å². The second-order valence-electron chi connectivity index (χ2n) is 6.32. The monoisotopic (exact) mass is 327 g/mol. The van der Waals surface area contributed by atoms with Crippen molar-refractivity contribution in [2.45, 2.75) is 12.8 Å². The molecule has 3 aromatic carbocycles. The molecule has 0 amide bonds. The maximum absolute atomic E-state index is 5.44. The van der Waals surface area contributed by atoms with E-state index < -0.39 is 0 Å². The minimum Gasteiger partial charge on any atom is -0.497 e. The number of fused-ring (bicyclic) bond motifs is 1. The van der Waals surface area contributed by atoms with Crippen LogP contribution in [0.3, 0.4) is 0 Å². The number of H-pyrrole nitrogens is 1. The molecule has 0 fully saturated rings. The van der Waals surface area contributed by atoms with E-state index >= 15 is 0 Å². The fourth-order valence-corrected chi connectivity index (χ4v) is 3.36. The van der Waals surface area contributed by atoms with Crippen LogP contribution in [0.2, 0.25) is 0 Å². The fourth-order valence-electron chi connectivity index (χ4n) is 3.36. The largest absolute Gasteiger partial charge is 0.497 e. The summed E-state index contributed by atoms with van der Waals surface area (Å²) >= 11 is 0. The number of benzene rings is 3. The first kappa shape index (κ1) is 15.5. The molecule has 0 spiro atoms. The van der Waals surface area contributed by atoms with Crippen molar-refractivity contribution < 1.29 is 4.74 Å². The zero-order chi connectivity index (χ0) is 17.1. The smallest absolute Gasteiger partial charge is 0.119 e. The summed E-state index contributed by atoms with van der Waals surface area (Å²) < 4.78 is 5.44. The molecule has 0 saturated heterocycles. The van der Waals surface area contributed by atoms with Gasteiger partial charge in [0.15, 0.2) is 0 Å². The van der Waals surface area contributed by atoms with Gasteiger partial charge in [-0.2, -0.15) is 0 Å². The van der Waals surface area contributed by atoms with Gasteiger partial charge in [-0.25, -0.2) is 0 Å². The Balaban J connectivity index is 1.81. The van der Waals surface area contributed by atoms with Gasteiger partial charge in [-0.3, -0.25) is 0 Å². The van der Waals surface area contributed by atoms with E-state index in [1.807, 2.05) is 6.07 Å². The molecule has 0 aliphatic carbocycles. The molecule has 1 heterocycles. The van der Waals surface area contributed by atoms with Gasteiger partial charge in [0, 0.05) is 23.0 Å². The number of aromatic amines is 1. The van der Waals surface area contributed by atoms with E-state index in [1.165, 1.54) is 27.8 Å². The molecular weight excluding hydrogens is 306 g/mol. The summed E-state index contributed by atoms with van der Waals surface area (Å²) in [6, 6.07) is 27.5. The summed E-state index contributed by atoms with van der Waals surface area (Å²) in [5.41, 5.74) is 6.43. The van der Waals surface area contributed by atoms with E-state index in [1.54, 1.807) is 7.11 Å². The van der Waals surface area contributed by atoms with Crippen molar-refractivity contribution in [3.8, 4) is 5.75 Å². The van der Waals surface area contributed by atoms with E-state index in [9.17, 15) is 0 Å². The number of methoxy groups -OCH3 is 1. The topological polar surface area (TPSA) is 25.0 Å². The lowest BCUT2D eigenvalue weighted by molar-refractivity contribution is 0.415. The van der Waals surface area contributed by atoms with Crippen LogP contribution in [-0.4, -0.2) is 12.1 Å². The van der Waals surface area contributed by atoms with E-state index in [0.29, 0.717) is 0 Å². The lowest BCUT2D eigenvalue weighted by Crippen LogP contribution is -1.95. The zero-order valence-corrected chi connectivity index (χ0v) is 14.3. The molecule has 25 heavy (non-hydrogen) atoms. The van der Waals surface area contributed by atoms with E-state index in [0.717, 1.165) is 24.1 Å². The minimum absolute atomic E-state index is 0.895. The predicted molar refractivity (Wildman–Crippen MR) is 103 cm³/mol. The summed E-state index contributed by atoms with van der Waals surface area (Å²) in [7, 11) is 1.72. The van der Waals surface area contributed by atoms with Crippen LogP contribution in [0.15, 0.2) is 78.9 Å². The van der Waals surface area contributed by atoms with Crippen molar-refractivity contribution in [3.05, 3.63) is 101 Å². The number of rotatable bonds is 5. The van der Waals surface area contributed by atoms with Gasteiger partial charge in [0.1, 0.15) is 5.75 Å². The second-order valence-corrected chi connectivity index (χ2v) is 6.32. The van der Waals surface area contributed by atoms with Gasteiger partial charge < -0.3 is 9.72 Å². The summed E-state index contributed by atoms with van der Waals surface area (Å²) in [6.07, 6.45) is 1.82. The van der Waals surface area contributed by atoms with Crippen LogP contribution in [0.1, 0.15) is 22.4 Å². The molecule has 0 radical (unpaired) electrons. The molecule has 0 aliphatic heterocycles. The van der Waals surface area contributed by atoms with Gasteiger partial charge in [0.05, 0.1) is 7.11 Å². The third-order valence-corrected chi connectivity index (χ3v) is 4.65. The summed E-state index contributed by atoms with van der Waals surface area (Å²) in [4.78, 5) is 3.63. The van der Waals surface area contributed by atoms with Gasteiger partial charge in [0.25, 0.3) is 0 Å². The van der Waals surface area contributed by atoms with E-state index in [4.69, 9.17) is 4.74 Å². The average Bonchev–Trinajstić information content (AvgIpc) is 3.00. The Kier molecular flexibility index (Phi) is 4.26. The fraction of sp³-hybridized carbons (Fsp3) is 0.130. The van der Waals surface area contributed by atoms with Crippen LogP contribution >= 0.6 is 0 Å². The maximum atomic E-state index is 5.44. The third-order valence-electron chi connectivity index (χ3n) is 4.65. The third kappa shape index (κ3) is 3.29. The van der Waals surface area contributed by atoms with Gasteiger partial charge in [0.2, 0.25) is 0 Å². The van der Waals surface area contributed by atoms with Gasteiger partial charge in [-0.1, -0.05) is 60.7 Å². The lowest BCUT2D eigenvalue weighted by Gasteiger charge is -2.07. The molecule has 1 N–H and O–H groups in total. The maximum Gasteiger partial charge on any atom is 0.119 e. The first-order valence-corrected chi connectivity index (χ1v) is 8.59. The molecule has 2 nitrogen and oxygen atoms in total. The van der Waals surface area contributed by atoms with E-state index in [2.05, 4.69) is 77.8 Å². The minimum atomic E-state index is 0.895. The van der Waals surface area contributed by atoms with Crippen molar-refractivity contribution >= 4 is 10.9 Å². The molecule has 1 aromatic heterocycles. The Morgan fingerprint density at radius 1 is 0.760 bits per heavy atom. The Morgan fingerprint density at radius 3 is 2.04 bits per heavy atom. The summed E-state index contributed by atoms with van der Waals surface area (Å²) in [5.74, 6) is 0.895. The van der Waals surface area contributed by atoms with Crippen LogP contribution in [0.5, 0.6) is 5.75 Å². The Bertz CT molecular complexity index is 971. The Hall–Kier alpha value is -3.00. The molecule has 0 bridgehead atoms. The van der Waals surface area contributed by atoms with Crippen LogP contribution in [0, 0.1) is 0 Å². The molecule has 0 saturated carbocycles. The zero-order valence-electron chi connectivity index (χ0n) is 14.3. The molecule has 0 aliphatic rings. The second kappa shape index (κ2) is 6.86. The number of hydrogen-bond donors (Lipinski definition) is 1. The first-order chi connectivity index (χ1) is 12.3. The van der Waals surface area contributed by atoms with Crippen molar-refractivity contribution in [1.82, 2.24) is 4.98 Å². The van der Waals surface area contributed by atoms with Crippen LogP contribution < -0.4 is 4.74 Å². The van der Waals surface area contributed by atoms with E-state index in [-0.39, 0.29) is 0 Å². The molecule has 4 aromatic rings. The highest BCUT2D eigenvalue weighted by atomic mass is 16.5. The molecule has 0 unspecified atom stereocenters. The molecule has 2 heteroatoms. The lowest BCUT2D eigenvalue weighted by atomic mass is 9.98. The quantitative estimate of drug-likeness (QED) is 0.524. The van der Waals surface area contributed by atoms with Crippen molar-refractivity contribution in [2.75, 3.05) is 7.11 Å². The number of nitrogens with one attached hydrogen (secondary N) is 1. The number of aromatic nitrogens is 1. The first-order valence-electron chi connectivity index (χ1n) is 8.59. The van der Waals surface area contributed by atoms with Gasteiger partial charge in [-0.05, 0) is 41.3 Å². The predicted octanol–water partition coefficient (Wildman–Crippen LogP) is 5.36. The molecule has 124 valence electrons. The van der Waals surface area contributed by atoms with Gasteiger partial charge in [-0.15, -0.1) is 0 Å². The van der Waals surface area contributed by atoms with Crippen LogP contribution in [-0.2, 0) is 12.8 Å². The van der Waals surface area contributed by atoms with Gasteiger partial charge >= 0.3 is 0 Å². The molecule has 0 atom stereocenters. The SMILES string of the molecule is COc1ccc2[nH]c(Cc3ccccc3)c(Cc3ccccc3)c2c1.